The SMILES string of the molecule is CCOC(=O)c1sc(NC(=O)c2ccccc2)c(C(=O)Nc2ccccc2)c1C. The third-order valence-electron chi connectivity index (χ3n) is 4.13. The van der Waals surface area contributed by atoms with Gasteiger partial charge in [0.1, 0.15) is 9.88 Å². The number of ether oxygens (including phenoxy) is 1. The van der Waals surface area contributed by atoms with E-state index in [1.165, 1.54) is 0 Å². The molecule has 0 aliphatic rings. The minimum absolute atomic E-state index is 0.216. The third kappa shape index (κ3) is 4.70. The quantitative estimate of drug-likeness (QED) is 0.577. The second kappa shape index (κ2) is 9.16. The lowest BCUT2D eigenvalue weighted by molar-refractivity contribution is 0.0531. The molecule has 0 atom stereocenters. The molecule has 2 amide bonds. The number of esters is 1. The maximum Gasteiger partial charge on any atom is 0.348 e. The summed E-state index contributed by atoms with van der Waals surface area (Å²) in [4.78, 5) is 38.2. The van der Waals surface area contributed by atoms with Crippen molar-refractivity contribution in [1.29, 1.82) is 0 Å². The Labute approximate surface area is 172 Å². The van der Waals surface area contributed by atoms with E-state index in [1.807, 2.05) is 12.1 Å². The maximum absolute atomic E-state index is 13.0. The first-order valence-electron chi connectivity index (χ1n) is 9.04. The molecule has 2 N–H and O–H groups in total. The standard InChI is InChI=1S/C22H20N2O4S/c1-3-28-22(27)18-14(2)17(20(26)23-16-12-8-5-9-13-16)21(29-18)24-19(25)15-10-6-4-7-11-15/h4-13H,3H2,1-2H3,(H,23,26)(H,24,25). The average molecular weight is 408 g/mol. The van der Waals surface area contributed by atoms with Crippen LogP contribution in [-0.4, -0.2) is 24.4 Å². The van der Waals surface area contributed by atoms with Crippen molar-refractivity contribution in [2.75, 3.05) is 17.2 Å². The smallest absolute Gasteiger partial charge is 0.348 e. The minimum atomic E-state index is -0.524. The van der Waals surface area contributed by atoms with Gasteiger partial charge >= 0.3 is 5.97 Å². The number of amides is 2. The van der Waals surface area contributed by atoms with Crippen molar-refractivity contribution in [3.63, 3.8) is 0 Å². The number of thiophene rings is 1. The summed E-state index contributed by atoms with van der Waals surface area (Å²) < 4.78 is 5.09. The fourth-order valence-corrected chi connectivity index (χ4v) is 3.84. The van der Waals surface area contributed by atoms with Crippen LogP contribution in [0.2, 0.25) is 0 Å². The number of benzene rings is 2. The van der Waals surface area contributed by atoms with Crippen molar-refractivity contribution in [3.8, 4) is 0 Å². The summed E-state index contributed by atoms with van der Waals surface area (Å²) in [6.07, 6.45) is 0. The molecule has 0 radical (unpaired) electrons. The molecule has 29 heavy (non-hydrogen) atoms. The van der Waals surface area contributed by atoms with Crippen molar-refractivity contribution in [3.05, 3.63) is 82.2 Å². The number of rotatable bonds is 6. The lowest BCUT2D eigenvalue weighted by Gasteiger charge is -2.09. The molecule has 0 unspecified atom stereocenters. The van der Waals surface area contributed by atoms with Crippen LogP contribution in [0.4, 0.5) is 10.7 Å². The van der Waals surface area contributed by atoms with Crippen molar-refractivity contribution >= 4 is 39.8 Å². The van der Waals surface area contributed by atoms with Gasteiger partial charge in [-0.25, -0.2) is 4.79 Å². The summed E-state index contributed by atoms with van der Waals surface area (Å²) in [5.41, 5.74) is 1.77. The molecule has 1 aromatic heterocycles. The van der Waals surface area contributed by atoms with E-state index < -0.39 is 11.9 Å². The number of anilines is 2. The van der Waals surface area contributed by atoms with Crippen LogP contribution in [0, 0.1) is 6.92 Å². The first-order valence-corrected chi connectivity index (χ1v) is 9.86. The Balaban J connectivity index is 1.96. The number of carbonyl (C=O) groups is 3. The van der Waals surface area contributed by atoms with Gasteiger partial charge in [-0.05, 0) is 43.7 Å². The van der Waals surface area contributed by atoms with Crippen LogP contribution in [-0.2, 0) is 4.74 Å². The van der Waals surface area contributed by atoms with Gasteiger partial charge in [0.15, 0.2) is 0 Å². The van der Waals surface area contributed by atoms with Crippen LogP contribution >= 0.6 is 11.3 Å². The maximum atomic E-state index is 13.0. The van der Waals surface area contributed by atoms with Crippen molar-refractivity contribution in [1.82, 2.24) is 0 Å². The molecule has 0 spiro atoms. The van der Waals surface area contributed by atoms with Crippen molar-refractivity contribution < 1.29 is 19.1 Å². The van der Waals surface area contributed by atoms with Crippen LogP contribution in [0.25, 0.3) is 0 Å². The van der Waals surface area contributed by atoms with E-state index in [1.54, 1.807) is 62.4 Å². The topological polar surface area (TPSA) is 84.5 Å². The molecular formula is C22H20N2O4S. The van der Waals surface area contributed by atoms with E-state index >= 15 is 0 Å². The highest BCUT2D eigenvalue weighted by Gasteiger charge is 2.26. The van der Waals surface area contributed by atoms with E-state index in [0.29, 0.717) is 21.8 Å². The minimum Gasteiger partial charge on any atom is -0.462 e. The molecular weight excluding hydrogens is 388 g/mol. The Hall–Kier alpha value is -3.45. The highest BCUT2D eigenvalue weighted by Crippen LogP contribution is 2.34. The first kappa shape index (κ1) is 20.3. The molecule has 7 heteroatoms. The highest BCUT2D eigenvalue weighted by atomic mass is 32.1. The van der Waals surface area contributed by atoms with E-state index in [-0.39, 0.29) is 23.0 Å². The zero-order chi connectivity index (χ0) is 20.8. The van der Waals surface area contributed by atoms with E-state index in [4.69, 9.17) is 4.74 Å². The summed E-state index contributed by atoms with van der Waals surface area (Å²) in [5, 5.41) is 5.86. The van der Waals surface area contributed by atoms with Gasteiger partial charge in [0, 0.05) is 11.3 Å². The number of hydrogen-bond donors (Lipinski definition) is 2. The van der Waals surface area contributed by atoms with Gasteiger partial charge in [-0.2, -0.15) is 0 Å². The van der Waals surface area contributed by atoms with Gasteiger partial charge in [-0.1, -0.05) is 36.4 Å². The first-order chi connectivity index (χ1) is 14.0. The molecule has 0 bridgehead atoms. The van der Waals surface area contributed by atoms with Crippen LogP contribution in [0.1, 0.15) is 42.9 Å². The lowest BCUT2D eigenvalue weighted by atomic mass is 10.1. The zero-order valence-electron chi connectivity index (χ0n) is 16.0. The number of carbonyl (C=O) groups excluding carboxylic acids is 3. The van der Waals surface area contributed by atoms with Crippen LogP contribution in [0.15, 0.2) is 60.7 Å². The Bertz CT molecular complexity index is 1030. The molecule has 3 rings (SSSR count). The normalized spacial score (nSPS) is 10.3. The van der Waals surface area contributed by atoms with Crippen LogP contribution in [0.3, 0.4) is 0 Å². The monoisotopic (exact) mass is 408 g/mol. The molecule has 2 aromatic carbocycles. The Kier molecular flexibility index (Phi) is 6.41. The zero-order valence-corrected chi connectivity index (χ0v) is 16.8. The largest absolute Gasteiger partial charge is 0.462 e. The number of nitrogens with one attached hydrogen (secondary N) is 2. The fraction of sp³-hybridized carbons (Fsp3) is 0.136. The molecule has 6 nitrogen and oxygen atoms in total. The Morgan fingerprint density at radius 3 is 2.14 bits per heavy atom. The molecule has 3 aromatic rings. The highest BCUT2D eigenvalue weighted by molar-refractivity contribution is 7.18. The van der Waals surface area contributed by atoms with Gasteiger partial charge in [-0.15, -0.1) is 11.3 Å². The predicted molar refractivity (Wildman–Crippen MR) is 114 cm³/mol. The summed E-state index contributed by atoms with van der Waals surface area (Å²) in [6.45, 7) is 3.59. The second-order valence-corrected chi connectivity index (χ2v) is 7.14. The van der Waals surface area contributed by atoms with Gasteiger partial charge in [0.2, 0.25) is 0 Å². The number of para-hydroxylation sites is 1. The molecule has 0 aliphatic heterocycles. The molecule has 0 fully saturated rings. The van der Waals surface area contributed by atoms with Gasteiger partial charge in [0.25, 0.3) is 11.8 Å². The third-order valence-corrected chi connectivity index (χ3v) is 5.32. The Morgan fingerprint density at radius 1 is 0.897 bits per heavy atom. The van der Waals surface area contributed by atoms with E-state index in [2.05, 4.69) is 10.6 Å². The van der Waals surface area contributed by atoms with E-state index in [9.17, 15) is 14.4 Å². The number of hydrogen-bond acceptors (Lipinski definition) is 5. The summed E-state index contributed by atoms with van der Waals surface area (Å²) in [5.74, 6) is -1.30. The van der Waals surface area contributed by atoms with Crippen LogP contribution in [0.5, 0.6) is 0 Å². The van der Waals surface area contributed by atoms with Crippen LogP contribution < -0.4 is 10.6 Å². The summed E-state index contributed by atoms with van der Waals surface area (Å²) in [6, 6.07) is 17.6. The van der Waals surface area contributed by atoms with Gasteiger partial charge in [0.05, 0.1) is 12.2 Å². The van der Waals surface area contributed by atoms with Crippen molar-refractivity contribution in [2.24, 2.45) is 0 Å². The lowest BCUT2D eigenvalue weighted by Crippen LogP contribution is -2.17. The predicted octanol–water partition coefficient (Wildman–Crippen LogP) is 4.74. The molecule has 148 valence electrons. The molecule has 1 heterocycles. The molecule has 0 saturated carbocycles. The second-order valence-electron chi connectivity index (χ2n) is 6.12. The summed E-state index contributed by atoms with van der Waals surface area (Å²) in [7, 11) is 0. The van der Waals surface area contributed by atoms with Gasteiger partial charge < -0.3 is 15.4 Å². The van der Waals surface area contributed by atoms with Gasteiger partial charge in [-0.3, -0.25) is 9.59 Å². The summed E-state index contributed by atoms with van der Waals surface area (Å²) >= 11 is 1.03. The average Bonchev–Trinajstić information content (AvgIpc) is 3.05. The fourth-order valence-electron chi connectivity index (χ4n) is 2.75. The Morgan fingerprint density at radius 2 is 1.52 bits per heavy atom. The molecule has 0 aliphatic carbocycles. The molecule has 0 saturated heterocycles. The van der Waals surface area contributed by atoms with E-state index in [0.717, 1.165) is 11.3 Å². The van der Waals surface area contributed by atoms with Crippen molar-refractivity contribution in [2.45, 2.75) is 13.8 Å².